The van der Waals surface area contributed by atoms with E-state index in [4.69, 9.17) is 0 Å². The Morgan fingerprint density at radius 1 is 0.947 bits per heavy atom. The monoisotopic (exact) mass is 260 g/mol. The molecular weight excluding hydrogens is 249 g/mol. The molecule has 0 aromatic heterocycles. The quantitative estimate of drug-likeness (QED) is 0.664. The summed E-state index contributed by atoms with van der Waals surface area (Å²) in [5, 5.41) is 0. The second-order valence-electron chi connectivity index (χ2n) is 4.13. The minimum Gasteiger partial charge on any atom is -0.207 e. The van der Waals surface area contributed by atoms with Gasteiger partial charge in [-0.1, -0.05) is 18.1 Å². The molecule has 0 heterocycles. The van der Waals surface area contributed by atoms with E-state index in [0.717, 1.165) is 0 Å². The average molecular weight is 260 g/mol. The number of hydrogen-bond donors (Lipinski definition) is 0. The van der Waals surface area contributed by atoms with Gasteiger partial charge in [-0.2, -0.15) is 0 Å². The van der Waals surface area contributed by atoms with Crippen LogP contribution < -0.4 is 0 Å². The van der Waals surface area contributed by atoms with E-state index in [0.29, 0.717) is 11.1 Å². The number of rotatable bonds is 1. The third-order valence-electron chi connectivity index (χ3n) is 2.82. The van der Waals surface area contributed by atoms with E-state index in [1.807, 2.05) is 0 Å². The van der Waals surface area contributed by atoms with Crippen LogP contribution in [0.2, 0.25) is 0 Å². The van der Waals surface area contributed by atoms with Crippen molar-refractivity contribution < 1.29 is 13.2 Å². The molecule has 2 rings (SSSR count). The maximum atomic E-state index is 13.9. The Balaban J connectivity index is 2.59. The van der Waals surface area contributed by atoms with Crippen molar-refractivity contribution >= 4 is 0 Å². The molecule has 0 aliphatic heterocycles. The fraction of sp³-hybridized carbons (Fsp3) is 0.125. The van der Waals surface area contributed by atoms with Crippen LogP contribution in [0, 0.1) is 36.2 Å². The largest absolute Gasteiger partial charge is 0.207 e. The van der Waals surface area contributed by atoms with Crippen molar-refractivity contribution in [3.63, 3.8) is 0 Å². The fourth-order valence-electron chi connectivity index (χ4n) is 1.76. The first-order valence-corrected chi connectivity index (χ1v) is 5.72. The molecule has 0 N–H and O–H groups in total. The van der Waals surface area contributed by atoms with Crippen molar-refractivity contribution in [2.45, 2.75) is 13.8 Å². The van der Waals surface area contributed by atoms with Crippen LogP contribution in [0.4, 0.5) is 13.2 Å². The van der Waals surface area contributed by atoms with E-state index in [1.165, 1.54) is 24.3 Å². The van der Waals surface area contributed by atoms with Crippen LogP contribution in [-0.4, -0.2) is 0 Å². The van der Waals surface area contributed by atoms with Crippen LogP contribution in [0.5, 0.6) is 0 Å². The lowest BCUT2D eigenvalue weighted by Crippen LogP contribution is -1.95. The highest BCUT2D eigenvalue weighted by molar-refractivity contribution is 5.66. The summed E-state index contributed by atoms with van der Waals surface area (Å²) in [4.78, 5) is 0. The number of benzene rings is 2. The Bertz CT molecular complexity index is 691. The molecule has 0 saturated carbocycles. The molecule has 0 nitrogen and oxygen atoms in total. The molecule has 0 spiro atoms. The van der Waals surface area contributed by atoms with Gasteiger partial charge >= 0.3 is 0 Å². The molecule has 0 bridgehead atoms. The highest BCUT2D eigenvalue weighted by Gasteiger charge is 2.14. The number of halogens is 3. The van der Waals surface area contributed by atoms with Crippen molar-refractivity contribution in [1.29, 1.82) is 0 Å². The Hall–Kier alpha value is -2.21. The van der Waals surface area contributed by atoms with Crippen LogP contribution >= 0.6 is 0 Å². The molecule has 3 heteroatoms. The zero-order valence-corrected chi connectivity index (χ0v) is 10.5. The second-order valence-corrected chi connectivity index (χ2v) is 4.13. The summed E-state index contributed by atoms with van der Waals surface area (Å²) in [6.45, 7) is 3.15. The Morgan fingerprint density at radius 2 is 1.68 bits per heavy atom. The van der Waals surface area contributed by atoms with Crippen LogP contribution in [-0.2, 0) is 0 Å². The van der Waals surface area contributed by atoms with Crippen LogP contribution in [0.3, 0.4) is 0 Å². The second kappa shape index (κ2) is 5.19. The van der Waals surface area contributed by atoms with Gasteiger partial charge in [0.25, 0.3) is 0 Å². The lowest BCUT2D eigenvalue weighted by Gasteiger charge is -2.07. The van der Waals surface area contributed by atoms with E-state index in [-0.39, 0.29) is 11.1 Å². The lowest BCUT2D eigenvalue weighted by atomic mass is 10.0. The van der Waals surface area contributed by atoms with E-state index >= 15 is 0 Å². The standard InChI is InChI=1S/C16H11F3/c1-3-4-11-7-8-13(16(19)15(11)18)12-6-5-10(2)14(17)9-12/h5-9H,1-2H3. The maximum Gasteiger partial charge on any atom is 0.175 e. The van der Waals surface area contributed by atoms with Gasteiger partial charge in [-0.15, -0.1) is 5.92 Å². The predicted molar refractivity (Wildman–Crippen MR) is 69.0 cm³/mol. The van der Waals surface area contributed by atoms with Crippen molar-refractivity contribution in [3.8, 4) is 23.0 Å². The highest BCUT2D eigenvalue weighted by atomic mass is 19.2. The summed E-state index contributed by atoms with van der Waals surface area (Å²) in [6, 6.07) is 7.08. The summed E-state index contributed by atoms with van der Waals surface area (Å²) in [5.74, 6) is 2.52. The van der Waals surface area contributed by atoms with Gasteiger partial charge in [-0.25, -0.2) is 13.2 Å². The molecular formula is C16H11F3. The molecule has 0 saturated heterocycles. The first-order valence-electron chi connectivity index (χ1n) is 5.72. The Kier molecular flexibility index (Phi) is 3.62. The maximum absolute atomic E-state index is 13.9. The van der Waals surface area contributed by atoms with Gasteiger partial charge in [-0.3, -0.25) is 0 Å². The Morgan fingerprint density at radius 3 is 2.32 bits per heavy atom. The van der Waals surface area contributed by atoms with E-state index < -0.39 is 17.5 Å². The van der Waals surface area contributed by atoms with E-state index in [2.05, 4.69) is 11.8 Å². The number of hydrogen-bond acceptors (Lipinski definition) is 0. The summed E-state index contributed by atoms with van der Waals surface area (Å²) in [5.41, 5.74) is 0.781. The topological polar surface area (TPSA) is 0 Å². The predicted octanol–water partition coefficient (Wildman–Crippen LogP) is 4.45. The number of aryl methyl sites for hydroxylation is 1. The molecule has 0 amide bonds. The van der Waals surface area contributed by atoms with E-state index in [9.17, 15) is 13.2 Å². The molecule has 0 radical (unpaired) electrons. The Labute approximate surface area is 109 Å². The first kappa shape index (κ1) is 13.2. The molecule has 0 aliphatic carbocycles. The van der Waals surface area contributed by atoms with Crippen molar-refractivity contribution in [1.82, 2.24) is 0 Å². The van der Waals surface area contributed by atoms with Crippen molar-refractivity contribution in [2.75, 3.05) is 0 Å². The molecule has 0 fully saturated rings. The lowest BCUT2D eigenvalue weighted by molar-refractivity contribution is 0.509. The summed E-state index contributed by atoms with van der Waals surface area (Å²) < 4.78 is 41.1. The highest BCUT2D eigenvalue weighted by Crippen LogP contribution is 2.27. The molecule has 2 aromatic carbocycles. The van der Waals surface area contributed by atoms with Gasteiger partial charge < -0.3 is 0 Å². The smallest absolute Gasteiger partial charge is 0.175 e. The summed E-state index contributed by atoms with van der Waals surface area (Å²) in [7, 11) is 0. The third-order valence-corrected chi connectivity index (χ3v) is 2.82. The van der Waals surface area contributed by atoms with Gasteiger partial charge in [-0.05, 0) is 43.2 Å². The molecule has 96 valence electrons. The molecule has 19 heavy (non-hydrogen) atoms. The van der Waals surface area contributed by atoms with E-state index in [1.54, 1.807) is 19.9 Å². The fourth-order valence-corrected chi connectivity index (χ4v) is 1.76. The van der Waals surface area contributed by atoms with Crippen LogP contribution in [0.1, 0.15) is 18.1 Å². The molecule has 2 aromatic rings. The van der Waals surface area contributed by atoms with Crippen LogP contribution in [0.15, 0.2) is 30.3 Å². The van der Waals surface area contributed by atoms with Gasteiger partial charge in [0.2, 0.25) is 0 Å². The SMILES string of the molecule is CC#Cc1ccc(-c2ccc(C)c(F)c2)c(F)c1F. The minimum absolute atomic E-state index is 0.00339. The van der Waals surface area contributed by atoms with Gasteiger partial charge in [0.1, 0.15) is 5.82 Å². The third kappa shape index (κ3) is 2.48. The summed E-state index contributed by atoms with van der Waals surface area (Å²) >= 11 is 0. The molecule has 0 aliphatic rings. The minimum atomic E-state index is -1.01. The van der Waals surface area contributed by atoms with Gasteiger partial charge in [0, 0.05) is 5.56 Å². The summed E-state index contributed by atoms with van der Waals surface area (Å²) in [6.07, 6.45) is 0. The first-order chi connectivity index (χ1) is 9.04. The normalized spacial score (nSPS) is 9.95. The van der Waals surface area contributed by atoms with Gasteiger partial charge in [0.05, 0.1) is 5.56 Å². The molecule has 0 unspecified atom stereocenters. The zero-order valence-electron chi connectivity index (χ0n) is 10.5. The average Bonchev–Trinajstić information content (AvgIpc) is 2.39. The van der Waals surface area contributed by atoms with Crippen molar-refractivity contribution in [2.24, 2.45) is 0 Å². The molecule has 0 atom stereocenters. The van der Waals surface area contributed by atoms with Gasteiger partial charge in [0.15, 0.2) is 11.6 Å². The van der Waals surface area contributed by atoms with Crippen molar-refractivity contribution in [3.05, 3.63) is 58.9 Å². The van der Waals surface area contributed by atoms with Crippen LogP contribution in [0.25, 0.3) is 11.1 Å². The zero-order chi connectivity index (χ0) is 14.0.